The first-order valence-electron chi connectivity index (χ1n) is 5.94. The Kier molecular flexibility index (Phi) is 6.52. The average molecular weight is 337 g/mol. The predicted molar refractivity (Wildman–Crippen MR) is 78.2 cm³/mol. The summed E-state index contributed by atoms with van der Waals surface area (Å²) in [5.74, 6) is 0. The van der Waals surface area contributed by atoms with E-state index in [0.29, 0.717) is 17.3 Å². The predicted octanol–water partition coefficient (Wildman–Crippen LogP) is 1.77. The largest absolute Gasteiger partial charge is 0.385 e. The maximum atomic E-state index is 10.1. The molecule has 2 unspecified atom stereocenters. The highest BCUT2D eigenvalue weighted by atomic mass is 79.9. The summed E-state index contributed by atoms with van der Waals surface area (Å²) in [6, 6.07) is 3.03. The lowest BCUT2D eigenvalue weighted by Gasteiger charge is -2.24. The van der Waals surface area contributed by atoms with Gasteiger partial charge in [-0.1, -0.05) is 11.6 Å². The van der Waals surface area contributed by atoms with Crippen molar-refractivity contribution in [2.24, 2.45) is 5.73 Å². The summed E-state index contributed by atoms with van der Waals surface area (Å²) in [6.07, 6.45) is 3.27. The second-order valence-corrected chi connectivity index (χ2v) is 4.95. The Balaban J connectivity index is 0.00000162. The van der Waals surface area contributed by atoms with Gasteiger partial charge in [0.25, 0.3) is 0 Å². The first kappa shape index (κ1) is 15.9. The van der Waals surface area contributed by atoms with Gasteiger partial charge in [-0.15, -0.1) is 17.0 Å². The Labute approximate surface area is 123 Å². The van der Waals surface area contributed by atoms with Crippen molar-refractivity contribution >= 4 is 28.6 Å². The van der Waals surface area contributed by atoms with E-state index in [-0.39, 0.29) is 23.0 Å². The van der Waals surface area contributed by atoms with Gasteiger partial charge in [-0.05, 0) is 38.1 Å². The van der Waals surface area contributed by atoms with Crippen molar-refractivity contribution in [1.82, 2.24) is 9.88 Å². The summed E-state index contributed by atoms with van der Waals surface area (Å²) in [7, 11) is 0. The van der Waals surface area contributed by atoms with Crippen LogP contribution in [0.1, 0.15) is 24.6 Å². The summed E-state index contributed by atoms with van der Waals surface area (Å²) in [6.45, 7) is 2.85. The number of halogens is 2. The highest BCUT2D eigenvalue weighted by Crippen LogP contribution is 2.18. The Bertz CT molecular complexity index is 374. The van der Waals surface area contributed by atoms with E-state index in [0.717, 1.165) is 13.1 Å². The van der Waals surface area contributed by atoms with Gasteiger partial charge in [0.2, 0.25) is 0 Å². The van der Waals surface area contributed by atoms with E-state index >= 15 is 0 Å². The fourth-order valence-electron chi connectivity index (χ4n) is 2.17. The molecule has 0 aromatic carbocycles. The first-order valence-corrected chi connectivity index (χ1v) is 6.32. The SMILES string of the molecule is Br.NC(CN1CCCC1)C(O)c1cc(Cl)ccn1. The molecule has 0 spiro atoms. The molecule has 0 amide bonds. The third kappa shape index (κ3) is 4.17. The van der Waals surface area contributed by atoms with Crippen molar-refractivity contribution < 1.29 is 5.11 Å². The molecule has 0 bridgehead atoms. The van der Waals surface area contributed by atoms with Gasteiger partial charge in [-0.2, -0.15) is 0 Å². The van der Waals surface area contributed by atoms with Crippen molar-refractivity contribution in [1.29, 1.82) is 0 Å². The molecular weight excluding hydrogens is 318 g/mol. The Morgan fingerprint density at radius 1 is 1.44 bits per heavy atom. The van der Waals surface area contributed by atoms with Gasteiger partial charge in [0.1, 0.15) is 6.10 Å². The lowest BCUT2D eigenvalue weighted by atomic mass is 10.1. The zero-order chi connectivity index (χ0) is 12.3. The van der Waals surface area contributed by atoms with Crippen LogP contribution in [0.25, 0.3) is 0 Å². The van der Waals surface area contributed by atoms with Crippen LogP contribution >= 0.6 is 28.6 Å². The molecule has 1 aromatic rings. The molecule has 1 saturated heterocycles. The molecule has 3 N–H and O–H groups in total. The molecule has 4 nitrogen and oxygen atoms in total. The Hall–Kier alpha value is -0.200. The highest BCUT2D eigenvalue weighted by molar-refractivity contribution is 8.93. The quantitative estimate of drug-likeness (QED) is 0.879. The van der Waals surface area contributed by atoms with Crippen molar-refractivity contribution in [3.8, 4) is 0 Å². The lowest BCUT2D eigenvalue weighted by Crippen LogP contribution is -2.40. The number of likely N-dealkylation sites (tertiary alicyclic amines) is 1. The summed E-state index contributed by atoms with van der Waals surface area (Å²) >= 11 is 5.86. The summed E-state index contributed by atoms with van der Waals surface area (Å²) in [5.41, 5.74) is 6.55. The van der Waals surface area contributed by atoms with E-state index in [2.05, 4.69) is 9.88 Å². The molecule has 1 aromatic heterocycles. The van der Waals surface area contributed by atoms with Gasteiger partial charge in [-0.25, -0.2) is 0 Å². The van der Waals surface area contributed by atoms with Crippen LogP contribution in [0, 0.1) is 0 Å². The molecule has 0 saturated carbocycles. The molecule has 0 aliphatic carbocycles. The standard InChI is InChI=1S/C12H18ClN3O.BrH/c13-9-3-4-15-11(7-9)12(17)10(14)8-16-5-1-2-6-16;/h3-4,7,10,12,17H,1-2,5-6,8,14H2;1H. The number of hydrogen-bond donors (Lipinski definition) is 2. The maximum absolute atomic E-state index is 10.1. The monoisotopic (exact) mass is 335 g/mol. The molecule has 1 fully saturated rings. The van der Waals surface area contributed by atoms with Crippen molar-refractivity contribution in [2.75, 3.05) is 19.6 Å². The first-order chi connectivity index (χ1) is 8.16. The van der Waals surface area contributed by atoms with Gasteiger partial charge >= 0.3 is 0 Å². The van der Waals surface area contributed by atoms with Gasteiger partial charge < -0.3 is 15.7 Å². The van der Waals surface area contributed by atoms with Crippen LogP contribution < -0.4 is 5.73 Å². The summed E-state index contributed by atoms with van der Waals surface area (Å²) in [5, 5.41) is 10.7. The fraction of sp³-hybridized carbons (Fsp3) is 0.583. The molecule has 2 rings (SSSR count). The molecule has 1 aliphatic rings. The number of rotatable bonds is 4. The molecule has 0 radical (unpaired) electrons. The maximum Gasteiger partial charge on any atom is 0.112 e. The minimum absolute atomic E-state index is 0. The van der Waals surface area contributed by atoms with Gasteiger partial charge in [0.15, 0.2) is 0 Å². The van der Waals surface area contributed by atoms with E-state index in [1.165, 1.54) is 12.8 Å². The van der Waals surface area contributed by atoms with E-state index in [9.17, 15) is 5.11 Å². The van der Waals surface area contributed by atoms with Gasteiger partial charge in [-0.3, -0.25) is 4.98 Å². The van der Waals surface area contributed by atoms with Crippen LogP contribution in [-0.2, 0) is 0 Å². The molecule has 1 aliphatic heterocycles. The third-order valence-electron chi connectivity index (χ3n) is 3.12. The van der Waals surface area contributed by atoms with E-state index in [1.54, 1.807) is 18.3 Å². The number of aliphatic hydroxyl groups is 1. The number of nitrogens with zero attached hydrogens (tertiary/aromatic N) is 2. The number of hydrogen-bond acceptors (Lipinski definition) is 4. The second-order valence-electron chi connectivity index (χ2n) is 4.52. The molecule has 102 valence electrons. The Morgan fingerprint density at radius 2 is 2.11 bits per heavy atom. The molecule has 18 heavy (non-hydrogen) atoms. The van der Waals surface area contributed by atoms with Gasteiger partial charge in [0, 0.05) is 23.8 Å². The average Bonchev–Trinajstić information content (AvgIpc) is 2.80. The van der Waals surface area contributed by atoms with Crippen LogP contribution in [0.5, 0.6) is 0 Å². The molecule has 2 heterocycles. The van der Waals surface area contributed by atoms with Crippen LogP contribution in [0.4, 0.5) is 0 Å². The minimum Gasteiger partial charge on any atom is -0.385 e. The third-order valence-corrected chi connectivity index (χ3v) is 3.35. The molecular formula is C12H19BrClN3O. The summed E-state index contributed by atoms with van der Waals surface area (Å²) < 4.78 is 0. The van der Waals surface area contributed by atoms with Crippen LogP contribution in [0.15, 0.2) is 18.3 Å². The van der Waals surface area contributed by atoms with Crippen molar-refractivity contribution in [3.05, 3.63) is 29.0 Å². The van der Waals surface area contributed by atoms with E-state index in [1.807, 2.05) is 0 Å². The van der Waals surface area contributed by atoms with Crippen molar-refractivity contribution in [2.45, 2.75) is 25.0 Å². The van der Waals surface area contributed by atoms with Gasteiger partial charge in [0.05, 0.1) is 5.69 Å². The second kappa shape index (κ2) is 7.40. The molecule has 2 atom stereocenters. The number of aromatic nitrogens is 1. The lowest BCUT2D eigenvalue weighted by molar-refractivity contribution is 0.121. The molecule has 6 heteroatoms. The number of pyridine rings is 1. The smallest absolute Gasteiger partial charge is 0.112 e. The summed E-state index contributed by atoms with van der Waals surface area (Å²) in [4.78, 5) is 6.38. The number of aliphatic hydroxyl groups excluding tert-OH is 1. The zero-order valence-corrected chi connectivity index (χ0v) is 12.6. The zero-order valence-electron chi connectivity index (χ0n) is 10.1. The van der Waals surface area contributed by atoms with Crippen molar-refractivity contribution in [3.63, 3.8) is 0 Å². The normalized spacial score (nSPS) is 19.3. The highest BCUT2D eigenvalue weighted by Gasteiger charge is 2.22. The minimum atomic E-state index is -0.755. The fourth-order valence-corrected chi connectivity index (χ4v) is 2.33. The number of nitrogens with two attached hydrogens (primary N) is 1. The Morgan fingerprint density at radius 3 is 2.72 bits per heavy atom. The van der Waals surface area contributed by atoms with Crippen LogP contribution in [0.3, 0.4) is 0 Å². The topological polar surface area (TPSA) is 62.4 Å². The van der Waals surface area contributed by atoms with E-state index in [4.69, 9.17) is 17.3 Å². The van der Waals surface area contributed by atoms with Crippen LogP contribution in [0.2, 0.25) is 5.02 Å². The van der Waals surface area contributed by atoms with Crippen LogP contribution in [-0.4, -0.2) is 40.7 Å². The van der Waals surface area contributed by atoms with E-state index < -0.39 is 6.10 Å².